The number of thiazole rings is 1. The van der Waals surface area contributed by atoms with Crippen LogP contribution in [-0.2, 0) is 9.59 Å². The standard InChI is InChI=1S/C25H20N4O2S/c1-16(30)29-13-12-17-6-2-3-7-19(17)21(29)14-24(31)28-23-11-10-18(15-26-23)25-27-20-8-4-5-9-22(20)32-25/h2-13,15,21H,14H2,1H3,(H,26,28,31). The fourth-order valence-corrected chi connectivity index (χ4v) is 4.83. The predicted molar refractivity (Wildman–Crippen MR) is 127 cm³/mol. The first kappa shape index (κ1) is 20.1. The second kappa shape index (κ2) is 8.36. The van der Waals surface area contributed by atoms with Crippen LogP contribution in [0.2, 0.25) is 0 Å². The highest BCUT2D eigenvalue weighted by atomic mass is 32.1. The number of para-hydroxylation sites is 1. The van der Waals surface area contributed by atoms with E-state index in [9.17, 15) is 9.59 Å². The van der Waals surface area contributed by atoms with E-state index in [4.69, 9.17) is 0 Å². The Balaban J connectivity index is 1.31. The van der Waals surface area contributed by atoms with E-state index in [2.05, 4.69) is 15.3 Å². The Morgan fingerprint density at radius 1 is 1.06 bits per heavy atom. The van der Waals surface area contributed by atoms with Crippen LogP contribution in [0.15, 0.2) is 73.1 Å². The summed E-state index contributed by atoms with van der Waals surface area (Å²) in [5, 5.41) is 3.74. The molecule has 1 atom stereocenters. The van der Waals surface area contributed by atoms with Gasteiger partial charge in [0, 0.05) is 24.9 Å². The van der Waals surface area contributed by atoms with Crippen LogP contribution < -0.4 is 5.32 Å². The molecule has 0 spiro atoms. The molecule has 1 N–H and O–H groups in total. The molecule has 158 valence electrons. The third kappa shape index (κ3) is 3.90. The smallest absolute Gasteiger partial charge is 0.227 e. The number of aromatic nitrogens is 2. The van der Waals surface area contributed by atoms with Crippen molar-refractivity contribution in [2.45, 2.75) is 19.4 Å². The molecule has 6 nitrogen and oxygen atoms in total. The molecule has 7 heteroatoms. The zero-order chi connectivity index (χ0) is 22.1. The van der Waals surface area contributed by atoms with E-state index in [0.717, 1.165) is 31.9 Å². The number of hydrogen-bond acceptors (Lipinski definition) is 5. The number of anilines is 1. The highest BCUT2D eigenvalue weighted by Gasteiger charge is 2.28. The summed E-state index contributed by atoms with van der Waals surface area (Å²) in [6, 6.07) is 19.1. The maximum atomic E-state index is 12.8. The zero-order valence-electron chi connectivity index (χ0n) is 17.4. The Morgan fingerprint density at radius 2 is 1.88 bits per heavy atom. The second-order valence-corrected chi connectivity index (χ2v) is 8.59. The third-order valence-corrected chi connectivity index (χ3v) is 6.51. The van der Waals surface area contributed by atoms with Crippen LogP contribution in [-0.4, -0.2) is 26.7 Å². The molecule has 1 aliphatic rings. The van der Waals surface area contributed by atoms with Crippen molar-refractivity contribution in [3.63, 3.8) is 0 Å². The lowest BCUT2D eigenvalue weighted by molar-refractivity contribution is -0.129. The molecule has 0 radical (unpaired) electrons. The van der Waals surface area contributed by atoms with E-state index in [1.165, 1.54) is 6.92 Å². The van der Waals surface area contributed by atoms with Crippen molar-refractivity contribution >= 4 is 45.3 Å². The lowest BCUT2D eigenvalue weighted by Gasteiger charge is -2.32. The normalized spacial score (nSPS) is 14.9. The van der Waals surface area contributed by atoms with Gasteiger partial charge in [0.2, 0.25) is 11.8 Å². The number of rotatable bonds is 4. The minimum absolute atomic E-state index is 0.105. The van der Waals surface area contributed by atoms with Crippen molar-refractivity contribution in [3.05, 3.63) is 84.2 Å². The van der Waals surface area contributed by atoms with Crippen LogP contribution in [0.5, 0.6) is 0 Å². The van der Waals surface area contributed by atoms with Crippen LogP contribution in [0, 0.1) is 0 Å². The summed E-state index contributed by atoms with van der Waals surface area (Å²) in [6.45, 7) is 1.51. The van der Waals surface area contributed by atoms with Gasteiger partial charge in [0.15, 0.2) is 0 Å². The first-order chi connectivity index (χ1) is 15.6. The van der Waals surface area contributed by atoms with E-state index in [0.29, 0.717) is 5.82 Å². The number of carbonyl (C=O) groups excluding carboxylic acids is 2. The molecule has 0 fully saturated rings. The average Bonchev–Trinajstić information content (AvgIpc) is 3.24. The molecule has 5 rings (SSSR count). The highest BCUT2D eigenvalue weighted by molar-refractivity contribution is 7.21. The summed E-state index contributed by atoms with van der Waals surface area (Å²) in [5.41, 5.74) is 3.83. The van der Waals surface area contributed by atoms with Gasteiger partial charge in [-0.3, -0.25) is 9.59 Å². The van der Waals surface area contributed by atoms with Crippen LogP contribution >= 0.6 is 11.3 Å². The molecule has 1 aliphatic heterocycles. The second-order valence-electron chi connectivity index (χ2n) is 7.56. The fourth-order valence-electron chi connectivity index (χ4n) is 3.87. The van der Waals surface area contributed by atoms with E-state index >= 15 is 0 Å². The number of fused-ring (bicyclic) bond motifs is 2. The minimum atomic E-state index is -0.351. The first-order valence-electron chi connectivity index (χ1n) is 10.3. The molecule has 0 bridgehead atoms. The summed E-state index contributed by atoms with van der Waals surface area (Å²) < 4.78 is 1.12. The third-order valence-electron chi connectivity index (χ3n) is 5.42. The molecule has 32 heavy (non-hydrogen) atoms. The summed E-state index contributed by atoms with van der Waals surface area (Å²) in [7, 11) is 0. The summed E-state index contributed by atoms with van der Waals surface area (Å²) in [5.74, 6) is 0.160. The van der Waals surface area contributed by atoms with Crippen LogP contribution in [0.4, 0.5) is 5.82 Å². The van der Waals surface area contributed by atoms with Gasteiger partial charge in [-0.15, -0.1) is 11.3 Å². The van der Waals surface area contributed by atoms with Gasteiger partial charge in [0.1, 0.15) is 10.8 Å². The maximum Gasteiger partial charge on any atom is 0.227 e. The minimum Gasteiger partial charge on any atom is -0.311 e. The van der Waals surface area contributed by atoms with Gasteiger partial charge in [-0.05, 0) is 41.5 Å². The van der Waals surface area contributed by atoms with Crippen LogP contribution in [0.25, 0.3) is 26.9 Å². The van der Waals surface area contributed by atoms with Gasteiger partial charge in [0.25, 0.3) is 0 Å². The van der Waals surface area contributed by atoms with E-state index in [1.807, 2.05) is 60.7 Å². The maximum absolute atomic E-state index is 12.8. The average molecular weight is 441 g/mol. The molecule has 2 aromatic carbocycles. The number of nitrogens with zero attached hydrogens (tertiary/aromatic N) is 3. The highest BCUT2D eigenvalue weighted by Crippen LogP contribution is 2.33. The summed E-state index contributed by atoms with van der Waals surface area (Å²) >= 11 is 1.61. The van der Waals surface area contributed by atoms with E-state index < -0.39 is 0 Å². The lowest BCUT2D eigenvalue weighted by Crippen LogP contribution is -2.33. The summed E-state index contributed by atoms with van der Waals surface area (Å²) in [4.78, 5) is 35.6. The van der Waals surface area contributed by atoms with Crippen LogP contribution in [0.1, 0.15) is 30.5 Å². The molecule has 3 heterocycles. The Labute approximate surface area is 189 Å². The molecular formula is C25H20N4O2S. The largest absolute Gasteiger partial charge is 0.311 e. The SMILES string of the molecule is CC(=O)N1C=Cc2ccccc2C1CC(=O)Nc1ccc(-c2nc3ccccc3s2)cn1. The van der Waals surface area contributed by atoms with Crippen LogP contribution in [0.3, 0.4) is 0 Å². The topological polar surface area (TPSA) is 75.2 Å². The van der Waals surface area contributed by atoms with E-state index in [-0.39, 0.29) is 24.3 Å². The Hall–Kier alpha value is -3.84. The van der Waals surface area contributed by atoms with Gasteiger partial charge >= 0.3 is 0 Å². The van der Waals surface area contributed by atoms with Crippen molar-refractivity contribution in [1.29, 1.82) is 0 Å². The number of amides is 2. The molecule has 4 aromatic rings. The Bertz CT molecular complexity index is 1310. The molecule has 2 aromatic heterocycles. The van der Waals surface area contributed by atoms with Crippen molar-refractivity contribution in [3.8, 4) is 10.6 Å². The molecule has 1 unspecified atom stereocenters. The predicted octanol–water partition coefficient (Wildman–Crippen LogP) is 5.26. The Kier molecular flexibility index (Phi) is 5.25. The zero-order valence-corrected chi connectivity index (χ0v) is 18.2. The van der Waals surface area contributed by atoms with Crippen molar-refractivity contribution in [2.24, 2.45) is 0 Å². The van der Waals surface area contributed by atoms with Gasteiger partial charge < -0.3 is 10.2 Å². The number of hydrogen-bond donors (Lipinski definition) is 1. The first-order valence-corrected chi connectivity index (χ1v) is 11.1. The van der Waals surface area contributed by atoms with Gasteiger partial charge in [-0.25, -0.2) is 9.97 Å². The van der Waals surface area contributed by atoms with Gasteiger partial charge in [0.05, 0.1) is 22.7 Å². The number of benzene rings is 2. The van der Waals surface area contributed by atoms with E-state index in [1.54, 1.807) is 34.7 Å². The number of nitrogens with one attached hydrogen (secondary N) is 1. The molecule has 0 saturated carbocycles. The van der Waals surface area contributed by atoms with Crippen molar-refractivity contribution < 1.29 is 9.59 Å². The van der Waals surface area contributed by atoms with Gasteiger partial charge in [-0.1, -0.05) is 36.4 Å². The molecule has 2 amide bonds. The fraction of sp³-hybridized carbons (Fsp3) is 0.120. The molecule has 0 aliphatic carbocycles. The Morgan fingerprint density at radius 3 is 2.66 bits per heavy atom. The van der Waals surface area contributed by atoms with Crippen molar-refractivity contribution in [2.75, 3.05) is 5.32 Å². The quantitative estimate of drug-likeness (QED) is 0.470. The summed E-state index contributed by atoms with van der Waals surface area (Å²) in [6.07, 6.45) is 5.50. The van der Waals surface area contributed by atoms with Gasteiger partial charge in [-0.2, -0.15) is 0 Å². The molecular weight excluding hydrogens is 420 g/mol. The lowest BCUT2D eigenvalue weighted by atomic mass is 9.93. The molecule has 0 saturated heterocycles. The number of pyridine rings is 1. The monoisotopic (exact) mass is 440 g/mol. The van der Waals surface area contributed by atoms with Crippen molar-refractivity contribution in [1.82, 2.24) is 14.9 Å². The number of carbonyl (C=O) groups is 2.